The van der Waals surface area contributed by atoms with Crippen LogP contribution in [0.4, 0.5) is 16.6 Å². The molecular weight excluding hydrogens is 532 g/mol. The summed E-state index contributed by atoms with van der Waals surface area (Å²) < 4.78 is 8.58. The van der Waals surface area contributed by atoms with Crippen LogP contribution in [0.25, 0.3) is 5.65 Å². The van der Waals surface area contributed by atoms with Crippen molar-refractivity contribution in [1.82, 2.24) is 29.9 Å². The molecule has 0 bridgehead atoms. The SMILES string of the molecule is CC(C)(C)c1cc(NC(=O)NC2CCC(Oc3ccc4nnc(N5CCCCC5)n4c3)c3ccccc32)nc(CO)n1. The fourth-order valence-corrected chi connectivity index (χ4v) is 5.75. The first kappa shape index (κ1) is 27.9. The van der Waals surface area contributed by atoms with Gasteiger partial charge in [-0.15, -0.1) is 10.2 Å². The molecule has 1 aliphatic heterocycles. The van der Waals surface area contributed by atoms with E-state index in [1.807, 2.05) is 61.7 Å². The van der Waals surface area contributed by atoms with E-state index in [1.54, 1.807) is 6.07 Å². The molecule has 0 saturated carbocycles. The first-order chi connectivity index (χ1) is 20.3. The molecule has 11 heteroatoms. The van der Waals surface area contributed by atoms with Gasteiger partial charge in [0.15, 0.2) is 11.5 Å². The highest BCUT2D eigenvalue weighted by Gasteiger charge is 2.30. The van der Waals surface area contributed by atoms with Gasteiger partial charge in [0, 0.05) is 24.6 Å². The molecule has 3 N–H and O–H groups in total. The van der Waals surface area contributed by atoms with Crippen molar-refractivity contribution >= 4 is 23.4 Å². The number of hydrogen-bond acceptors (Lipinski definition) is 8. The summed E-state index contributed by atoms with van der Waals surface area (Å²) in [6.07, 6.45) is 6.85. The number of rotatable bonds is 6. The third kappa shape index (κ3) is 5.87. The number of carbonyl (C=O) groups excluding carboxylic acids is 1. The third-order valence-electron chi connectivity index (χ3n) is 7.94. The maximum absolute atomic E-state index is 13.1. The van der Waals surface area contributed by atoms with Gasteiger partial charge in [0.05, 0.1) is 17.9 Å². The van der Waals surface area contributed by atoms with Crippen LogP contribution in [0.15, 0.2) is 48.7 Å². The molecule has 4 heterocycles. The number of aromatic nitrogens is 5. The van der Waals surface area contributed by atoms with Gasteiger partial charge >= 0.3 is 6.03 Å². The van der Waals surface area contributed by atoms with Crippen LogP contribution in [0.5, 0.6) is 5.75 Å². The zero-order chi connectivity index (χ0) is 29.3. The number of aliphatic hydroxyl groups is 1. The van der Waals surface area contributed by atoms with E-state index >= 15 is 0 Å². The highest BCUT2D eigenvalue weighted by Crippen LogP contribution is 2.39. The van der Waals surface area contributed by atoms with E-state index in [0.29, 0.717) is 12.2 Å². The monoisotopic (exact) mass is 570 g/mol. The quantitative estimate of drug-likeness (QED) is 0.293. The molecule has 4 aromatic rings. The van der Waals surface area contributed by atoms with Crippen molar-refractivity contribution in [2.45, 2.75) is 77.0 Å². The van der Waals surface area contributed by atoms with Gasteiger partial charge in [0.1, 0.15) is 24.3 Å². The maximum atomic E-state index is 13.1. The van der Waals surface area contributed by atoms with Crippen molar-refractivity contribution in [2.24, 2.45) is 0 Å². The van der Waals surface area contributed by atoms with Crippen LogP contribution in [-0.4, -0.2) is 48.8 Å². The number of piperidine rings is 1. The summed E-state index contributed by atoms with van der Waals surface area (Å²) in [6, 6.07) is 13.2. The van der Waals surface area contributed by atoms with Gasteiger partial charge in [-0.25, -0.2) is 14.8 Å². The minimum Gasteiger partial charge on any atom is -0.484 e. The number of carbonyl (C=O) groups is 1. The van der Waals surface area contributed by atoms with Crippen LogP contribution in [0.3, 0.4) is 0 Å². The molecule has 6 rings (SSSR count). The molecule has 11 nitrogen and oxygen atoms in total. The van der Waals surface area contributed by atoms with Crippen LogP contribution in [-0.2, 0) is 12.0 Å². The Morgan fingerprint density at radius 3 is 2.57 bits per heavy atom. The summed E-state index contributed by atoms with van der Waals surface area (Å²) >= 11 is 0. The molecule has 220 valence electrons. The Labute approximate surface area is 245 Å². The number of urea groups is 1. The smallest absolute Gasteiger partial charge is 0.320 e. The second-order valence-electron chi connectivity index (χ2n) is 12.1. The Morgan fingerprint density at radius 2 is 1.81 bits per heavy atom. The van der Waals surface area contributed by atoms with Gasteiger partial charge in [-0.05, 0) is 55.4 Å². The number of amides is 2. The topological polar surface area (TPSA) is 130 Å². The molecule has 2 unspecified atom stereocenters. The summed E-state index contributed by atoms with van der Waals surface area (Å²) in [5.74, 6) is 2.24. The van der Waals surface area contributed by atoms with E-state index in [-0.39, 0.29) is 36.0 Å². The molecule has 42 heavy (non-hydrogen) atoms. The Hall–Kier alpha value is -4.25. The van der Waals surface area contributed by atoms with Crippen molar-refractivity contribution in [3.05, 3.63) is 71.3 Å². The number of anilines is 2. The minimum absolute atomic E-state index is 0.155. The van der Waals surface area contributed by atoms with Crippen molar-refractivity contribution in [3.8, 4) is 5.75 Å². The van der Waals surface area contributed by atoms with E-state index in [1.165, 1.54) is 6.42 Å². The number of nitrogens with zero attached hydrogens (tertiary/aromatic N) is 6. The zero-order valence-corrected chi connectivity index (χ0v) is 24.4. The Bertz CT molecular complexity index is 1570. The highest BCUT2D eigenvalue weighted by atomic mass is 16.5. The van der Waals surface area contributed by atoms with Gasteiger partial charge in [0.25, 0.3) is 0 Å². The predicted molar refractivity (Wildman–Crippen MR) is 160 cm³/mol. The fraction of sp³-hybridized carbons (Fsp3) is 0.452. The lowest BCUT2D eigenvalue weighted by atomic mass is 9.85. The highest BCUT2D eigenvalue weighted by molar-refractivity contribution is 5.88. The van der Waals surface area contributed by atoms with E-state index in [0.717, 1.165) is 66.5 Å². The minimum atomic E-state index is -0.361. The van der Waals surface area contributed by atoms with Gasteiger partial charge in [-0.3, -0.25) is 9.72 Å². The number of fused-ring (bicyclic) bond motifs is 2. The average molecular weight is 571 g/mol. The lowest BCUT2D eigenvalue weighted by molar-refractivity contribution is 0.171. The Kier molecular flexibility index (Phi) is 7.68. The first-order valence-corrected chi connectivity index (χ1v) is 14.7. The predicted octanol–water partition coefficient (Wildman–Crippen LogP) is 5.08. The van der Waals surface area contributed by atoms with Crippen LogP contribution >= 0.6 is 0 Å². The number of ether oxygens (including phenoxy) is 1. The number of hydrogen-bond donors (Lipinski definition) is 3. The van der Waals surface area contributed by atoms with Crippen molar-refractivity contribution in [1.29, 1.82) is 0 Å². The number of benzene rings is 1. The summed E-state index contributed by atoms with van der Waals surface area (Å²) in [7, 11) is 0. The van der Waals surface area contributed by atoms with Crippen LogP contribution in [0.2, 0.25) is 0 Å². The van der Waals surface area contributed by atoms with E-state index in [9.17, 15) is 9.90 Å². The number of nitrogens with one attached hydrogen (secondary N) is 2. The molecule has 2 atom stereocenters. The average Bonchev–Trinajstić information content (AvgIpc) is 3.41. The van der Waals surface area contributed by atoms with E-state index in [4.69, 9.17) is 4.74 Å². The lowest BCUT2D eigenvalue weighted by Gasteiger charge is -2.32. The molecule has 0 radical (unpaired) electrons. The lowest BCUT2D eigenvalue weighted by Crippen LogP contribution is -2.36. The van der Waals surface area contributed by atoms with E-state index in [2.05, 4.69) is 41.8 Å². The summed E-state index contributed by atoms with van der Waals surface area (Å²) in [6.45, 7) is 7.74. The van der Waals surface area contributed by atoms with Crippen LogP contribution in [0.1, 0.15) is 87.7 Å². The first-order valence-electron chi connectivity index (χ1n) is 14.7. The standard InChI is InChI=1S/C31H38N8O3/c1-31(2,3)25-17-26(34-27(19-40)33-25)35-29(41)32-23-12-13-24(22-10-6-5-9-21(22)23)42-20-11-14-28-36-37-30(39(28)18-20)38-15-7-4-8-16-38/h5-6,9-11,14,17-18,23-24,40H,4,7-8,12-13,15-16,19H2,1-3H3,(H2,32,33,34,35,41). The molecule has 2 aliphatic rings. The van der Waals surface area contributed by atoms with Crippen molar-refractivity contribution in [3.63, 3.8) is 0 Å². The zero-order valence-electron chi connectivity index (χ0n) is 24.4. The second-order valence-corrected chi connectivity index (χ2v) is 12.1. The van der Waals surface area contributed by atoms with Crippen molar-refractivity contribution < 1.29 is 14.6 Å². The molecule has 2 amide bonds. The molecule has 1 fully saturated rings. The molecule has 3 aromatic heterocycles. The largest absolute Gasteiger partial charge is 0.484 e. The van der Waals surface area contributed by atoms with Gasteiger partial charge in [-0.1, -0.05) is 45.0 Å². The third-order valence-corrected chi connectivity index (χ3v) is 7.94. The summed E-state index contributed by atoms with van der Waals surface area (Å²) in [5.41, 5.74) is 3.36. The summed E-state index contributed by atoms with van der Waals surface area (Å²) in [4.78, 5) is 24.1. The number of aliphatic hydroxyl groups excluding tert-OH is 1. The second kappa shape index (κ2) is 11.6. The fourth-order valence-electron chi connectivity index (χ4n) is 5.75. The van der Waals surface area contributed by atoms with Gasteiger partial charge in [0.2, 0.25) is 5.95 Å². The molecule has 0 spiro atoms. The molecule has 1 saturated heterocycles. The van der Waals surface area contributed by atoms with Gasteiger partial charge < -0.3 is 20.1 Å². The molecule has 1 aromatic carbocycles. The van der Waals surface area contributed by atoms with E-state index < -0.39 is 0 Å². The molecule has 1 aliphatic carbocycles. The maximum Gasteiger partial charge on any atom is 0.320 e. The number of pyridine rings is 1. The van der Waals surface area contributed by atoms with Crippen LogP contribution in [0, 0.1) is 0 Å². The Morgan fingerprint density at radius 1 is 1.02 bits per heavy atom. The van der Waals surface area contributed by atoms with Crippen molar-refractivity contribution in [2.75, 3.05) is 23.3 Å². The summed E-state index contributed by atoms with van der Waals surface area (Å²) in [5, 5.41) is 24.4. The molecular formula is C31H38N8O3. The van der Waals surface area contributed by atoms with Gasteiger partial charge in [-0.2, -0.15) is 0 Å². The normalized spacial score (nSPS) is 18.9. The Balaban J connectivity index is 1.17. The van der Waals surface area contributed by atoms with Crippen LogP contribution < -0.4 is 20.3 Å².